The second-order valence-corrected chi connectivity index (χ2v) is 4.61. The first-order chi connectivity index (χ1) is 8.99. The van der Waals surface area contributed by atoms with Crippen LogP contribution in [0.15, 0.2) is 12.3 Å². The number of pyridine rings is 1. The third-order valence-corrected chi connectivity index (χ3v) is 2.93. The predicted molar refractivity (Wildman–Crippen MR) is 74.2 cm³/mol. The van der Waals surface area contributed by atoms with Crippen molar-refractivity contribution in [3.8, 4) is 0 Å². The Bertz CT molecular complexity index is 477. The van der Waals surface area contributed by atoms with Crippen LogP contribution < -0.4 is 5.32 Å². The Hall–Kier alpha value is -1.62. The molecule has 0 spiro atoms. The van der Waals surface area contributed by atoms with Crippen LogP contribution in [-0.4, -0.2) is 41.8 Å². The van der Waals surface area contributed by atoms with Crippen LogP contribution in [0.5, 0.6) is 0 Å². The fourth-order valence-corrected chi connectivity index (χ4v) is 1.92. The van der Waals surface area contributed by atoms with Gasteiger partial charge in [-0.2, -0.15) is 0 Å². The lowest BCUT2D eigenvalue weighted by atomic mass is 10.2. The molecule has 2 amide bonds. The van der Waals surface area contributed by atoms with E-state index in [1.165, 1.54) is 18.1 Å². The Kier molecular flexibility index (Phi) is 5.76. The largest absolute Gasteiger partial charge is 0.358 e. The molecule has 0 aromatic carbocycles. The van der Waals surface area contributed by atoms with Crippen molar-refractivity contribution in [2.24, 2.45) is 0 Å². The summed E-state index contributed by atoms with van der Waals surface area (Å²) in [6.07, 6.45) is 2.21. The third kappa shape index (κ3) is 4.21. The molecular weight excluding hydrogens is 266 g/mol. The third-order valence-electron chi connectivity index (χ3n) is 2.61. The highest BCUT2D eigenvalue weighted by molar-refractivity contribution is 6.33. The number of carbonyl (C=O) groups excluding carboxylic acids is 2. The quantitative estimate of drug-likeness (QED) is 0.894. The van der Waals surface area contributed by atoms with Gasteiger partial charge < -0.3 is 10.2 Å². The van der Waals surface area contributed by atoms with E-state index in [1.807, 2.05) is 6.92 Å². The van der Waals surface area contributed by atoms with Crippen LogP contribution in [-0.2, 0) is 4.79 Å². The highest BCUT2D eigenvalue weighted by Gasteiger charge is 2.20. The van der Waals surface area contributed by atoms with Gasteiger partial charge in [0.2, 0.25) is 5.91 Å². The van der Waals surface area contributed by atoms with Gasteiger partial charge in [-0.15, -0.1) is 0 Å². The highest BCUT2D eigenvalue weighted by atomic mass is 35.5. The number of rotatable bonds is 5. The van der Waals surface area contributed by atoms with E-state index in [4.69, 9.17) is 11.6 Å². The Morgan fingerprint density at radius 1 is 1.47 bits per heavy atom. The van der Waals surface area contributed by atoms with Gasteiger partial charge >= 0.3 is 0 Å². The lowest BCUT2D eigenvalue weighted by molar-refractivity contribution is -0.121. The van der Waals surface area contributed by atoms with Gasteiger partial charge in [0.15, 0.2) is 0 Å². The summed E-state index contributed by atoms with van der Waals surface area (Å²) in [4.78, 5) is 29.3. The van der Waals surface area contributed by atoms with Crippen LogP contribution in [0.1, 0.15) is 29.4 Å². The molecule has 0 fully saturated rings. The molecule has 19 heavy (non-hydrogen) atoms. The summed E-state index contributed by atoms with van der Waals surface area (Å²) in [6.45, 7) is 4.26. The summed E-state index contributed by atoms with van der Waals surface area (Å²) in [5.74, 6) is -0.485. The van der Waals surface area contributed by atoms with Crippen molar-refractivity contribution in [1.29, 1.82) is 0 Å². The van der Waals surface area contributed by atoms with Gasteiger partial charge in [0.25, 0.3) is 5.91 Å². The van der Waals surface area contributed by atoms with Crippen molar-refractivity contribution in [2.75, 3.05) is 20.1 Å². The maximum absolute atomic E-state index is 12.3. The number of hydrogen-bond donors (Lipinski definition) is 1. The maximum Gasteiger partial charge on any atom is 0.257 e. The van der Waals surface area contributed by atoms with Gasteiger partial charge in [0.05, 0.1) is 17.1 Å². The molecule has 0 saturated heterocycles. The van der Waals surface area contributed by atoms with Crippen LogP contribution >= 0.6 is 11.6 Å². The van der Waals surface area contributed by atoms with Crippen molar-refractivity contribution < 1.29 is 9.59 Å². The molecule has 0 aliphatic carbocycles. The first-order valence-electron chi connectivity index (χ1n) is 6.11. The highest BCUT2D eigenvalue weighted by Crippen LogP contribution is 2.17. The lowest BCUT2D eigenvalue weighted by Gasteiger charge is -2.21. The van der Waals surface area contributed by atoms with Crippen molar-refractivity contribution in [2.45, 2.75) is 20.3 Å². The topological polar surface area (TPSA) is 62.3 Å². The minimum absolute atomic E-state index is 0.0212. The first-order valence-corrected chi connectivity index (χ1v) is 6.49. The zero-order valence-electron chi connectivity index (χ0n) is 11.4. The number of aryl methyl sites for hydroxylation is 1. The number of nitrogens with one attached hydrogen (secondary N) is 1. The van der Waals surface area contributed by atoms with E-state index in [1.54, 1.807) is 13.0 Å². The first kappa shape index (κ1) is 15.4. The fraction of sp³-hybridized carbons (Fsp3) is 0.462. The Labute approximate surface area is 118 Å². The summed E-state index contributed by atoms with van der Waals surface area (Å²) in [7, 11) is 1.54. The summed E-state index contributed by atoms with van der Waals surface area (Å²) in [5, 5.41) is 2.86. The molecule has 0 aliphatic heterocycles. The summed E-state index contributed by atoms with van der Waals surface area (Å²) >= 11 is 6.05. The normalized spacial score (nSPS) is 10.1. The molecule has 1 rings (SSSR count). The Morgan fingerprint density at radius 2 is 2.16 bits per heavy atom. The van der Waals surface area contributed by atoms with Crippen LogP contribution in [0.3, 0.4) is 0 Å². The minimum Gasteiger partial charge on any atom is -0.358 e. The zero-order chi connectivity index (χ0) is 14.4. The van der Waals surface area contributed by atoms with Gasteiger partial charge in [-0.3, -0.25) is 14.6 Å². The smallest absolute Gasteiger partial charge is 0.257 e. The number of carbonyl (C=O) groups is 2. The zero-order valence-corrected chi connectivity index (χ0v) is 12.1. The molecule has 5 nitrogen and oxygen atoms in total. The SMILES string of the molecule is CCCN(CC(=O)NC)C(=O)c1cnc(C)cc1Cl. The van der Waals surface area contributed by atoms with E-state index >= 15 is 0 Å². The average Bonchev–Trinajstić information content (AvgIpc) is 2.37. The second-order valence-electron chi connectivity index (χ2n) is 4.21. The minimum atomic E-state index is -0.275. The van der Waals surface area contributed by atoms with E-state index in [9.17, 15) is 9.59 Å². The molecule has 1 aromatic rings. The molecule has 0 radical (unpaired) electrons. The van der Waals surface area contributed by atoms with E-state index in [2.05, 4.69) is 10.3 Å². The number of amides is 2. The van der Waals surface area contributed by atoms with Crippen LogP contribution in [0.2, 0.25) is 5.02 Å². The van der Waals surface area contributed by atoms with Gasteiger partial charge in [-0.25, -0.2) is 0 Å². The van der Waals surface area contributed by atoms with Crippen LogP contribution in [0, 0.1) is 6.92 Å². The molecule has 0 unspecified atom stereocenters. The molecule has 0 atom stereocenters. The molecule has 1 heterocycles. The molecule has 1 N–H and O–H groups in total. The molecule has 104 valence electrons. The van der Waals surface area contributed by atoms with E-state index < -0.39 is 0 Å². The standard InChI is InChI=1S/C13H18ClN3O2/c1-4-5-17(8-12(18)15-3)13(19)10-7-16-9(2)6-11(10)14/h6-7H,4-5,8H2,1-3H3,(H,15,18). The van der Waals surface area contributed by atoms with Crippen molar-refractivity contribution in [3.05, 3.63) is 28.5 Å². The van der Waals surface area contributed by atoms with E-state index in [-0.39, 0.29) is 18.4 Å². The molecule has 0 bridgehead atoms. The molecule has 6 heteroatoms. The molecule has 1 aromatic heterocycles. The predicted octanol–water partition coefficient (Wildman–Crippen LogP) is 1.64. The summed E-state index contributed by atoms with van der Waals surface area (Å²) in [5.41, 5.74) is 1.07. The number of likely N-dealkylation sites (N-methyl/N-ethyl adjacent to an activating group) is 1. The summed E-state index contributed by atoms with van der Waals surface area (Å²) in [6, 6.07) is 1.64. The molecule has 0 aliphatic rings. The van der Waals surface area contributed by atoms with Gasteiger partial charge in [-0.1, -0.05) is 18.5 Å². The summed E-state index contributed by atoms with van der Waals surface area (Å²) < 4.78 is 0. The van der Waals surface area contributed by atoms with Crippen LogP contribution in [0.25, 0.3) is 0 Å². The number of halogens is 1. The van der Waals surface area contributed by atoms with Crippen molar-refractivity contribution >= 4 is 23.4 Å². The van der Waals surface area contributed by atoms with Crippen molar-refractivity contribution in [1.82, 2.24) is 15.2 Å². The maximum atomic E-state index is 12.3. The Balaban J connectivity index is 2.95. The Morgan fingerprint density at radius 3 is 2.68 bits per heavy atom. The lowest BCUT2D eigenvalue weighted by Crippen LogP contribution is -2.40. The second kappa shape index (κ2) is 7.09. The monoisotopic (exact) mass is 283 g/mol. The molecular formula is C13H18ClN3O2. The van der Waals surface area contributed by atoms with E-state index in [0.717, 1.165) is 12.1 Å². The van der Waals surface area contributed by atoms with Gasteiger partial charge in [-0.05, 0) is 19.4 Å². The van der Waals surface area contributed by atoms with Crippen LogP contribution in [0.4, 0.5) is 0 Å². The van der Waals surface area contributed by atoms with E-state index in [0.29, 0.717) is 17.1 Å². The number of aromatic nitrogens is 1. The number of nitrogens with zero attached hydrogens (tertiary/aromatic N) is 2. The van der Waals surface area contributed by atoms with Gasteiger partial charge in [0, 0.05) is 25.5 Å². The fourth-order valence-electron chi connectivity index (χ4n) is 1.63. The van der Waals surface area contributed by atoms with Crippen molar-refractivity contribution in [3.63, 3.8) is 0 Å². The average molecular weight is 284 g/mol. The number of hydrogen-bond acceptors (Lipinski definition) is 3. The molecule has 0 saturated carbocycles. The van der Waals surface area contributed by atoms with Gasteiger partial charge in [0.1, 0.15) is 0 Å².